The zero-order valence-electron chi connectivity index (χ0n) is 13.2. The smallest absolute Gasteiger partial charge is 0.257 e. The van der Waals surface area contributed by atoms with Gasteiger partial charge in [-0.05, 0) is 45.4 Å². The molecule has 1 unspecified atom stereocenters. The third kappa shape index (κ3) is 2.79. The first-order valence-corrected chi connectivity index (χ1v) is 7.02. The van der Waals surface area contributed by atoms with Gasteiger partial charge in [-0.3, -0.25) is 4.79 Å². The molecule has 0 aliphatic carbocycles. The Morgan fingerprint density at radius 2 is 1.90 bits per heavy atom. The van der Waals surface area contributed by atoms with E-state index in [1.165, 1.54) is 0 Å². The molecule has 4 nitrogen and oxygen atoms in total. The van der Waals surface area contributed by atoms with E-state index in [2.05, 4.69) is 0 Å². The van der Waals surface area contributed by atoms with Crippen LogP contribution in [0.1, 0.15) is 46.0 Å². The molecule has 1 amide bonds. The molecule has 0 spiro atoms. The van der Waals surface area contributed by atoms with E-state index < -0.39 is 0 Å². The number of nitrogens with zero attached hydrogens (tertiary/aromatic N) is 1. The zero-order chi connectivity index (χ0) is 15.7. The van der Waals surface area contributed by atoms with Gasteiger partial charge in [-0.25, -0.2) is 0 Å². The second kappa shape index (κ2) is 5.64. The van der Waals surface area contributed by atoms with Crippen molar-refractivity contribution >= 4 is 11.6 Å². The van der Waals surface area contributed by atoms with E-state index in [9.17, 15) is 4.79 Å². The molecule has 4 heteroatoms. The van der Waals surface area contributed by atoms with Crippen LogP contribution in [0.3, 0.4) is 0 Å². The highest BCUT2D eigenvalue weighted by Crippen LogP contribution is 2.26. The third-order valence-electron chi connectivity index (χ3n) is 4.07. The van der Waals surface area contributed by atoms with Crippen LogP contribution in [0.2, 0.25) is 0 Å². The summed E-state index contributed by atoms with van der Waals surface area (Å²) in [5.74, 6) is 1.43. The lowest BCUT2D eigenvalue weighted by molar-refractivity contribution is 0.0740. The summed E-state index contributed by atoms with van der Waals surface area (Å²) >= 11 is 0. The van der Waals surface area contributed by atoms with Crippen LogP contribution in [0.15, 0.2) is 28.7 Å². The molecule has 2 N–H and O–H groups in total. The molecule has 21 heavy (non-hydrogen) atoms. The van der Waals surface area contributed by atoms with Crippen LogP contribution in [0.4, 0.5) is 5.69 Å². The second-order valence-electron chi connectivity index (χ2n) is 5.48. The minimum atomic E-state index is -0.0602. The predicted molar refractivity (Wildman–Crippen MR) is 84.3 cm³/mol. The number of nitrogens with two attached hydrogens (primary N) is 1. The predicted octanol–water partition coefficient (Wildman–Crippen LogP) is 3.62. The highest BCUT2D eigenvalue weighted by molar-refractivity contribution is 5.97. The summed E-state index contributed by atoms with van der Waals surface area (Å²) in [5, 5.41) is 0. The molecule has 1 atom stereocenters. The number of anilines is 1. The van der Waals surface area contributed by atoms with Crippen molar-refractivity contribution in [2.45, 2.75) is 33.7 Å². The van der Waals surface area contributed by atoms with Gasteiger partial charge in [-0.2, -0.15) is 0 Å². The number of amides is 1. The lowest BCUT2D eigenvalue weighted by Crippen LogP contribution is -2.30. The van der Waals surface area contributed by atoms with Crippen LogP contribution in [0.25, 0.3) is 0 Å². The summed E-state index contributed by atoms with van der Waals surface area (Å²) < 4.78 is 5.55. The van der Waals surface area contributed by atoms with Gasteiger partial charge in [0.15, 0.2) is 0 Å². The molecular formula is C17H22N2O2. The van der Waals surface area contributed by atoms with Crippen LogP contribution < -0.4 is 5.73 Å². The summed E-state index contributed by atoms with van der Waals surface area (Å²) in [6, 6.07) is 7.55. The fourth-order valence-electron chi connectivity index (χ4n) is 2.50. The van der Waals surface area contributed by atoms with Gasteiger partial charge in [0.05, 0.1) is 11.6 Å². The Morgan fingerprint density at radius 1 is 1.24 bits per heavy atom. The van der Waals surface area contributed by atoms with Gasteiger partial charge in [0.1, 0.15) is 11.5 Å². The fourth-order valence-corrected chi connectivity index (χ4v) is 2.50. The number of carbonyl (C=O) groups is 1. The maximum atomic E-state index is 12.7. The molecule has 1 aromatic carbocycles. The molecule has 0 aliphatic rings. The Morgan fingerprint density at radius 3 is 2.43 bits per heavy atom. The van der Waals surface area contributed by atoms with Gasteiger partial charge in [-0.15, -0.1) is 0 Å². The Labute approximate surface area is 125 Å². The van der Waals surface area contributed by atoms with E-state index >= 15 is 0 Å². The Bertz CT molecular complexity index is 673. The van der Waals surface area contributed by atoms with Gasteiger partial charge in [0.2, 0.25) is 0 Å². The van der Waals surface area contributed by atoms with Crippen molar-refractivity contribution in [1.29, 1.82) is 0 Å². The molecule has 112 valence electrons. The van der Waals surface area contributed by atoms with Gasteiger partial charge in [-0.1, -0.05) is 12.1 Å². The molecule has 0 fully saturated rings. The first kappa shape index (κ1) is 15.2. The first-order valence-electron chi connectivity index (χ1n) is 7.02. The van der Waals surface area contributed by atoms with Crippen molar-refractivity contribution in [2.75, 3.05) is 12.8 Å². The van der Waals surface area contributed by atoms with Crippen LogP contribution in [-0.2, 0) is 0 Å². The van der Waals surface area contributed by atoms with Crippen molar-refractivity contribution < 1.29 is 9.21 Å². The van der Waals surface area contributed by atoms with Crippen molar-refractivity contribution in [3.63, 3.8) is 0 Å². The molecule has 1 aromatic heterocycles. The molecule has 0 aliphatic heterocycles. The van der Waals surface area contributed by atoms with Crippen LogP contribution in [0.5, 0.6) is 0 Å². The highest BCUT2D eigenvalue weighted by atomic mass is 16.3. The normalized spacial score (nSPS) is 12.2. The van der Waals surface area contributed by atoms with E-state index in [4.69, 9.17) is 10.2 Å². The molecule has 2 aromatic rings. The highest BCUT2D eigenvalue weighted by Gasteiger charge is 2.25. The summed E-state index contributed by atoms with van der Waals surface area (Å²) in [6.45, 7) is 7.61. The molecule has 0 saturated carbocycles. The Hall–Kier alpha value is -2.23. The lowest BCUT2D eigenvalue weighted by Gasteiger charge is -2.25. The number of carbonyl (C=O) groups excluding carboxylic acids is 1. The minimum Gasteiger partial charge on any atom is -0.466 e. The molecule has 0 bridgehead atoms. The third-order valence-corrected chi connectivity index (χ3v) is 4.07. The maximum absolute atomic E-state index is 12.7. The summed E-state index contributed by atoms with van der Waals surface area (Å²) in [4.78, 5) is 14.5. The first-order chi connectivity index (χ1) is 9.82. The van der Waals surface area contributed by atoms with E-state index in [-0.39, 0.29) is 11.9 Å². The average molecular weight is 286 g/mol. The van der Waals surface area contributed by atoms with E-state index in [0.717, 1.165) is 16.9 Å². The largest absolute Gasteiger partial charge is 0.466 e. The van der Waals surface area contributed by atoms with Gasteiger partial charge in [0.25, 0.3) is 5.91 Å². The molecule has 1 heterocycles. The van der Waals surface area contributed by atoms with Crippen molar-refractivity contribution in [2.24, 2.45) is 0 Å². The SMILES string of the molecule is Cc1oc(C)c(C(=O)N(C)C(C)c2cccc(N)c2)c1C. The average Bonchev–Trinajstić information content (AvgIpc) is 2.70. The Kier molecular flexibility index (Phi) is 4.07. The van der Waals surface area contributed by atoms with Crippen LogP contribution in [-0.4, -0.2) is 17.9 Å². The minimum absolute atomic E-state index is 0.0308. The topological polar surface area (TPSA) is 59.5 Å². The molecule has 0 saturated heterocycles. The molecule has 0 radical (unpaired) electrons. The summed E-state index contributed by atoms with van der Waals surface area (Å²) in [6.07, 6.45) is 0. The van der Waals surface area contributed by atoms with Crippen molar-refractivity contribution in [3.8, 4) is 0 Å². The summed E-state index contributed by atoms with van der Waals surface area (Å²) in [7, 11) is 1.80. The fraction of sp³-hybridized carbons (Fsp3) is 0.353. The quantitative estimate of drug-likeness (QED) is 0.877. The van der Waals surface area contributed by atoms with Gasteiger partial charge in [0, 0.05) is 18.3 Å². The summed E-state index contributed by atoms with van der Waals surface area (Å²) in [5.41, 5.74) is 9.10. The second-order valence-corrected chi connectivity index (χ2v) is 5.48. The monoisotopic (exact) mass is 286 g/mol. The number of hydrogen-bond acceptors (Lipinski definition) is 3. The Balaban J connectivity index is 2.31. The number of aryl methyl sites for hydroxylation is 2. The number of furan rings is 1. The van der Waals surface area contributed by atoms with Crippen molar-refractivity contribution in [1.82, 2.24) is 4.90 Å². The van der Waals surface area contributed by atoms with Crippen LogP contribution >= 0.6 is 0 Å². The number of nitrogen functional groups attached to an aromatic ring is 1. The number of hydrogen-bond donors (Lipinski definition) is 1. The maximum Gasteiger partial charge on any atom is 0.257 e. The lowest BCUT2D eigenvalue weighted by atomic mass is 10.0. The van der Waals surface area contributed by atoms with E-state index in [1.807, 2.05) is 52.0 Å². The van der Waals surface area contributed by atoms with E-state index in [0.29, 0.717) is 17.0 Å². The zero-order valence-corrected chi connectivity index (χ0v) is 13.2. The standard InChI is InChI=1S/C17H22N2O2/c1-10-12(3)21-13(4)16(10)17(20)19(5)11(2)14-7-6-8-15(18)9-14/h6-9,11H,18H2,1-5H3. The number of benzene rings is 1. The van der Waals surface area contributed by atoms with Crippen molar-refractivity contribution in [3.05, 3.63) is 52.5 Å². The molecular weight excluding hydrogens is 264 g/mol. The van der Waals surface area contributed by atoms with E-state index in [1.54, 1.807) is 11.9 Å². The number of rotatable bonds is 3. The molecule has 2 rings (SSSR count). The van der Waals surface area contributed by atoms with Gasteiger partial charge >= 0.3 is 0 Å². The van der Waals surface area contributed by atoms with Crippen LogP contribution in [0, 0.1) is 20.8 Å². The van der Waals surface area contributed by atoms with Gasteiger partial charge < -0.3 is 15.1 Å².